The molecule has 3 rings (SSSR count). The van der Waals surface area contributed by atoms with Gasteiger partial charge in [-0.25, -0.2) is 8.42 Å². The van der Waals surface area contributed by atoms with E-state index in [1.807, 2.05) is 54.6 Å². The highest BCUT2D eigenvalue weighted by Gasteiger charge is 2.26. The first-order chi connectivity index (χ1) is 15.4. The van der Waals surface area contributed by atoms with Gasteiger partial charge in [-0.1, -0.05) is 58.4 Å². The molecule has 0 bridgehead atoms. The van der Waals surface area contributed by atoms with Gasteiger partial charge in [0.05, 0.1) is 12.0 Å². The van der Waals surface area contributed by atoms with E-state index in [9.17, 15) is 13.2 Å². The first-order valence-corrected chi connectivity index (χ1v) is 12.4. The van der Waals surface area contributed by atoms with Gasteiger partial charge in [0, 0.05) is 11.0 Å². The second-order valence-corrected chi connectivity index (χ2v) is 9.84. The number of carbonyl (C=O) groups is 1. The fourth-order valence-electron chi connectivity index (χ4n) is 3.15. The lowest BCUT2D eigenvalue weighted by atomic mass is 10.1. The Kier molecular flexibility index (Phi) is 8.44. The predicted molar refractivity (Wildman–Crippen MR) is 128 cm³/mol. The average molecular weight is 517 g/mol. The molecule has 0 heterocycles. The molecule has 1 amide bonds. The number of rotatable bonds is 10. The zero-order chi connectivity index (χ0) is 23.0. The lowest BCUT2D eigenvalue weighted by Crippen LogP contribution is -2.48. The van der Waals surface area contributed by atoms with Gasteiger partial charge in [0.25, 0.3) is 0 Å². The van der Waals surface area contributed by atoms with Gasteiger partial charge in [-0.15, -0.1) is 0 Å². The lowest BCUT2D eigenvalue weighted by Gasteiger charge is -2.19. The van der Waals surface area contributed by atoms with E-state index in [1.54, 1.807) is 19.2 Å². The van der Waals surface area contributed by atoms with Crippen LogP contribution in [0.1, 0.15) is 11.1 Å². The first kappa shape index (κ1) is 24.0. The van der Waals surface area contributed by atoms with E-state index < -0.39 is 16.1 Å². The van der Waals surface area contributed by atoms with Crippen LogP contribution in [0.2, 0.25) is 0 Å². The number of nitrogens with one attached hydrogen (secondary N) is 2. The molecular weight excluding hydrogens is 492 g/mol. The number of sulfonamides is 1. The Hall–Kier alpha value is -2.68. The maximum absolute atomic E-state index is 12.9. The molecule has 0 spiro atoms. The zero-order valence-electron chi connectivity index (χ0n) is 17.6. The normalized spacial score (nSPS) is 12.2. The topological polar surface area (TPSA) is 84.5 Å². The van der Waals surface area contributed by atoms with E-state index in [0.717, 1.165) is 21.3 Å². The Balaban J connectivity index is 1.69. The molecule has 0 saturated carbocycles. The summed E-state index contributed by atoms with van der Waals surface area (Å²) < 4.78 is 34.3. The summed E-state index contributed by atoms with van der Waals surface area (Å²) in [5, 5.41) is 2.86. The Morgan fingerprint density at radius 2 is 1.59 bits per heavy atom. The van der Waals surface area contributed by atoms with E-state index in [-0.39, 0.29) is 17.2 Å². The number of amides is 1. The molecule has 32 heavy (non-hydrogen) atoms. The van der Waals surface area contributed by atoms with Crippen molar-refractivity contribution in [1.29, 1.82) is 0 Å². The number of methoxy groups -OCH3 is 1. The van der Waals surface area contributed by atoms with Gasteiger partial charge in [-0.05, 0) is 60.4 Å². The van der Waals surface area contributed by atoms with Crippen LogP contribution < -0.4 is 14.8 Å². The fourth-order valence-corrected chi connectivity index (χ4v) is 4.61. The standard InChI is InChI=1S/C24H25BrN2O4S/c1-31-21-11-7-18(8-12-21)15-16-26-24(28)23(17-19-5-3-2-4-6-19)27-32(29,30)22-13-9-20(25)10-14-22/h2-14,23,27H,15-17H2,1H3,(H,26,28). The lowest BCUT2D eigenvalue weighted by molar-refractivity contribution is -0.122. The van der Waals surface area contributed by atoms with Gasteiger partial charge >= 0.3 is 0 Å². The minimum atomic E-state index is -3.87. The van der Waals surface area contributed by atoms with Crippen LogP contribution in [0.15, 0.2) is 88.2 Å². The molecule has 1 unspecified atom stereocenters. The minimum Gasteiger partial charge on any atom is -0.497 e. The molecule has 0 aliphatic rings. The second-order valence-electron chi connectivity index (χ2n) is 7.21. The number of halogens is 1. The molecule has 1 atom stereocenters. The summed E-state index contributed by atoms with van der Waals surface area (Å²) in [5.74, 6) is 0.395. The number of hydrogen-bond donors (Lipinski definition) is 2. The van der Waals surface area contributed by atoms with Crippen LogP contribution in [0.25, 0.3) is 0 Å². The Morgan fingerprint density at radius 1 is 0.938 bits per heavy atom. The highest BCUT2D eigenvalue weighted by Crippen LogP contribution is 2.16. The Morgan fingerprint density at radius 3 is 2.22 bits per heavy atom. The molecule has 2 N–H and O–H groups in total. The average Bonchev–Trinajstić information content (AvgIpc) is 2.80. The van der Waals surface area contributed by atoms with Gasteiger partial charge in [0.2, 0.25) is 15.9 Å². The van der Waals surface area contributed by atoms with Crippen molar-refractivity contribution in [3.8, 4) is 5.75 Å². The van der Waals surface area contributed by atoms with Crippen LogP contribution >= 0.6 is 15.9 Å². The SMILES string of the molecule is COc1ccc(CCNC(=O)C(Cc2ccccc2)NS(=O)(=O)c2ccc(Br)cc2)cc1. The van der Waals surface area contributed by atoms with Gasteiger partial charge in [0.1, 0.15) is 11.8 Å². The molecule has 3 aromatic rings. The third-order valence-electron chi connectivity index (χ3n) is 4.89. The van der Waals surface area contributed by atoms with Crippen molar-refractivity contribution in [2.24, 2.45) is 0 Å². The van der Waals surface area contributed by atoms with Crippen molar-refractivity contribution in [1.82, 2.24) is 10.0 Å². The minimum absolute atomic E-state index is 0.102. The largest absolute Gasteiger partial charge is 0.497 e. The number of carbonyl (C=O) groups excluding carboxylic acids is 1. The van der Waals surface area contributed by atoms with Crippen LogP contribution in [0.3, 0.4) is 0 Å². The summed E-state index contributed by atoms with van der Waals surface area (Å²) in [5.41, 5.74) is 1.91. The highest BCUT2D eigenvalue weighted by atomic mass is 79.9. The van der Waals surface area contributed by atoms with E-state index in [1.165, 1.54) is 12.1 Å². The highest BCUT2D eigenvalue weighted by molar-refractivity contribution is 9.10. The molecule has 0 fully saturated rings. The molecular formula is C24H25BrN2O4S. The quantitative estimate of drug-likeness (QED) is 0.430. The van der Waals surface area contributed by atoms with E-state index >= 15 is 0 Å². The molecule has 8 heteroatoms. The molecule has 0 saturated heterocycles. The van der Waals surface area contributed by atoms with Gasteiger partial charge in [-0.3, -0.25) is 4.79 Å². The van der Waals surface area contributed by atoms with Crippen LogP contribution in [0.5, 0.6) is 5.75 Å². The summed E-state index contributed by atoms with van der Waals surface area (Å²) in [6, 6.07) is 22.3. The maximum Gasteiger partial charge on any atom is 0.241 e. The second kappa shape index (κ2) is 11.3. The monoisotopic (exact) mass is 516 g/mol. The van der Waals surface area contributed by atoms with Gasteiger partial charge < -0.3 is 10.1 Å². The smallest absolute Gasteiger partial charge is 0.241 e. The molecule has 0 aliphatic heterocycles. The Bertz CT molecular complexity index is 1120. The van der Waals surface area contributed by atoms with Crippen molar-refractivity contribution in [2.75, 3.05) is 13.7 Å². The third-order valence-corrected chi connectivity index (χ3v) is 6.91. The third kappa shape index (κ3) is 6.91. The summed E-state index contributed by atoms with van der Waals surface area (Å²) in [7, 11) is -2.26. The summed E-state index contributed by atoms with van der Waals surface area (Å²) in [6.07, 6.45) is 0.859. The molecule has 0 aromatic heterocycles. The van der Waals surface area contributed by atoms with Crippen molar-refractivity contribution in [2.45, 2.75) is 23.8 Å². The summed E-state index contributed by atoms with van der Waals surface area (Å²) >= 11 is 3.30. The van der Waals surface area contributed by atoms with Crippen molar-refractivity contribution in [3.63, 3.8) is 0 Å². The van der Waals surface area contributed by atoms with Crippen molar-refractivity contribution in [3.05, 3.63) is 94.5 Å². The number of hydrogen-bond acceptors (Lipinski definition) is 4. The van der Waals surface area contributed by atoms with Crippen molar-refractivity contribution >= 4 is 31.9 Å². The van der Waals surface area contributed by atoms with Crippen LogP contribution in [-0.2, 0) is 27.7 Å². The van der Waals surface area contributed by atoms with Crippen LogP contribution in [0, 0.1) is 0 Å². The van der Waals surface area contributed by atoms with Gasteiger partial charge in [0.15, 0.2) is 0 Å². The van der Waals surface area contributed by atoms with Crippen molar-refractivity contribution < 1.29 is 17.9 Å². The molecule has 0 aliphatic carbocycles. The summed E-state index contributed by atoms with van der Waals surface area (Å²) in [6.45, 7) is 0.385. The number of ether oxygens (including phenoxy) is 1. The predicted octanol–water partition coefficient (Wildman–Crippen LogP) is 3.71. The number of benzene rings is 3. The van der Waals surface area contributed by atoms with Gasteiger partial charge in [-0.2, -0.15) is 4.72 Å². The zero-order valence-corrected chi connectivity index (χ0v) is 20.0. The van der Waals surface area contributed by atoms with E-state index in [4.69, 9.17) is 4.74 Å². The molecule has 168 valence electrons. The Labute approximate surface area is 197 Å². The van der Waals surface area contributed by atoms with Crippen LogP contribution in [0.4, 0.5) is 0 Å². The fraction of sp³-hybridized carbons (Fsp3) is 0.208. The molecule has 0 radical (unpaired) electrons. The van der Waals surface area contributed by atoms with E-state index in [0.29, 0.717) is 13.0 Å². The summed E-state index contributed by atoms with van der Waals surface area (Å²) in [4.78, 5) is 13.0. The van der Waals surface area contributed by atoms with E-state index in [2.05, 4.69) is 26.0 Å². The molecule has 6 nitrogen and oxygen atoms in total. The van der Waals surface area contributed by atoms with Crippen LogP contribution in [-0.4, -0.2) is 34.0 Å². The molecule has 3 aromatic carbocycles. The maximum atomic E-state index is 12.9. The first-order valence-electron chi connectivity index (χ1n) is 10.1.